The molecular formula is C19H27NO4. The zero-order valence-corrected chi connectivity index (χ0v) is 14.4. The van der Waals surface area contributed by atoms with Gasteiger partial charge in [-0.05, 0) is 12.5 Å². The molecule has 2 aromatic rings. The number of hydrogen-bond donors (Lipinski definition) is 1. The van der Waals surface area contributed by atoms with Crippen LogP contribution in [-0.2, 0) is 16.1 Å². The summed E-state index contributed by atoms with van der Waals surface area (Å²) in [7, 11) is 0. The molecule has 2 rings (SSSR count). The monoisotopic (exact) mass is 333 g/mol. The quantitative estimate of drug-likeness (QED) is 0.515. The Balaban J connectivity index is 1.74. The first-order valence-corrected chi connectivity index (χ1v) is 8.72. The van der Waals surface area contributed by atoms with Gasteiger partial charge in [0.2, 0.25) is 0 Å². The number of para-hydroxylation sites is 1. The lowest BCUT2D eigenvalue weighted by Crippen LogP contribution is -2.15. The van der Waals surface area contributed by atoms with Crippen molar-refractivity contribution in [3.05, 3.63) is 36.0 Å². The SMILES string of the molecule is CCCCCCCCOCOC(=O)n1cc(CO)c2ccccc21. The lowest BCUT2D eigenvalue weighted by atomic mass is 10.1. The molecule has 1 N–H and O–H groups in total. The molecule has 0 amide bonds. The van der Waals surface area contributed by atoms with Crippen LogP contribution < -0.4 is 0 Å². The highest BCUT2D eigenvalue weighted by Crippen LogP contribution is 2.21. The number of benzene rings is 1. The van der Waals surface area contributed by atoms with Gasteiger partial charge >= 0.3 is 6.09 Å². The van der Waals surface area contributed by atoms with Crippen molar-refractivity contribution in [2.75, 3.05) is 13.4 Å². The van der Waals surface area contributed by atoms with Gasteiger partial charge in [-0.2, -0.15) is 0 Å². The predicted molar refractivity (Wildman–Crippen MR) is 93.9 cm³/mol. The molecule has 0 aliphatic heterocycles. The third-order valence-corrected chi connectivity index (χ3v) is 4.07. The Bertz CT molecular complexity index is 635. The van der Waals surface area contributed by atoms with E-state index in [-0.39, 0.29) is 13.4 Å². The van der Waals surface area contributed by atoms with Crippen molar-refractivity contribution < 1.29 is 19.4 Å². The van der Waals surface area contributed by atoms with Crippen LogP contribution in [0.25, 0.3) is 10.9 Å². The molecular weight excluding hydrogens is 306 g/mol. The number of carbonyl (C=O) groups is 1. The fraction of sp³-hybridized carbons (Fsp3) is 0.526. The zero-order chi connectivity index (χ0) is 17.2. The van der Waals surface area contributed by atoms with Crippen LogP contribution in [0, 0.1) is 0 Å². The van der Waals surface area contributed by atoms with Crippen LogP contribution in [0.1, 0.15) is 51.0 Å². The van der Waals surface area contributed by atoms with Crippen molar-refractivity contribution in [3.63, 3.8) is 0 Å². The van der Waals surface area contributed by atoms with E-state index in [2.05, 4.69) is 6.92 Å². The van der Waals surface area contributed by atoms with Crippen LogP contribution >= 0.6 is 0 Å². The van der Waals surface area contributed by atoms with E-state index in [1.54, 1.807) is 6.20 Å². The van der Waals surface area contributed by atoms with Crippen molar-refractivity contribution in [2.45, 2.75) is 52.1 Å². The standard InChI is InChI=1S/C19H27NO4/c1-2-3-4-5-6-9-12-23-15-24-19(22)20-13-16(14-21)17-10-7-8-11-18(17)20/h7-8,10-11,13,21H,2-6,9,12,14-15H2,1H3. The molecule has 0 atom stereocenters. The van der Waals surface area contributed by atoms with Crippen LogP contribution in [0.15, 0.2) is 30.5 Å². The molecule has 5 heteroatoms. The zero-order valence-electron chi connectivity index (χ0n) is 14.4. The Hall–Kier alpha value is -1.85. The highest BCUT2D eigenvalue weighted by atomic mass is 16.7. The maximum Gasteiger partial charge on any atom is 0.420 e. The molecule has 5 nitrogen and oxygen atoms in total. The normalized spacial score (nSPS) is 11.1. The number of aliphatic hydroxyl groups is 1. The van der Waals surface area contributed by atoms with Gasteiger partial charge < -0.3 is 14.6 Å². The number of nitrogens with zero attached hydrogens (tertiary/aromatic N) is 1. The minimum Gasteiger partial charge on any atom is -0.422 e. The van der Waals surface area contributed by atoms with Crippen molar-refractivity contribution in [3.8, 4) is 0 Å². The summed E-state index contributed by atoms with van der Waals surface area (Å²) in [6.07, 6.45) is 8.31. The first-order chi connectivity index (χ1) is 11.8. The smallest absolute Gasteiger partial charge is 0.420 e. The Kier molecular flexibility index (Phi) is 7.79. The first-order valence-electron chi connectivity index (χ1n) is 8.72. The maximum atomic E-state index is 12.2. The van der Waals surface area contributed by atoms with E-state index in [0.29, 0.717) is 12.2 Å². The Labute approximate surface area is 143 Å². The van der Waals surface area contributed by atoms with Gasteiger partial charge in [0.15, 0.2) is 6.79 Å². The molecule has 24 heavy (non-hydrogen) atoms. The van der Waals surface area contributed by atoms with Crippen LogP contribution in [-0.4, -0.2) is 29.2 Å². The summed E-state index contributed by atoms with van der Waals surface area (Å²) in [5, 5.41) is 10.2. The van der Waals surface area contributed by atoms with Gasteiger partial charge in [0, 0.05) is 17.1 Å². The average molecular weight is 333 g/mol. The lowest BCUT2D eigenvalue weighted by Gasteiger charge is -2.07. The number of rotatable bonds is 10. The fourth-order valence-electron chi connectivity index (χ4n) is 2.73. The van der Waals surface area contributed by atoms with E-state index in [1.807, 2.05) is 24.3 Å². The van der Waals surface area contributed by atoms with E-state index >= 15 is 0 Å². The molecule has 0 unspecified atom stereocenters. The molecule has 0 fully saturated rings. The lowest BCUT2D eigenvalue weighted by molar-refractivity contribution is -0.0155. The highest BCUT2D eigenvalue weighted by Gasteiger charge is 2.13. The van der Waals surface area contributed by atoms with Gasteiger partial charge in [0.25, 0.3) is 0 Å². The van der Waals surface area contributed by atoms with Gasteiger partial charge in [-0.3, -0.25) is 4.57 Å². The third kappa shape index (κ3) is 5.08. The van der Waals surface area contributed by atoms with Gasteiger partial charge in [-0.1, -0.05) is 57.2 Å². The fourth-order valence-corrected chi connectivity index (χ4v) is 2.73. The highest BCUT2D eigenvalue weighted by molar-refractivity contribution is 5.91. The summed E-state index contributed by atoms with van der Waals surface area (Å²) in [6.45, 7) is 2.65. The van der Waals surface area contributed by atoms with E-state index in [0.717, 1.165) is 23.7 Å². The number of ether oxygens (including phenoxy) is 2. The minimum atomic E-state index is -0.492. The average Bonchev–Trinajstić information content (AvgIpc) is 2.99. The topological polar surface area (TPSA) is 60.7 Å². The number of hydrogen-bond acceptors (Lipinski definition) is 4. The third-order valence-electron chi connectivity index (χ3n) is 4.07. The number of aromatic nitrogens is 1. The number of unbranched alkanes of at least 4 members (excludes halogenated alkanes) is 5. The number of carbonyl (C=O) groups excluding carboxylic acids is 1. The molecule has 0 saturated heterocycles. The van der Waals surface area contributed by atoms with Crippen molar-refractivity contribution in [1.82, 2.24) is 4.57 Å². The number of aliphatic hydroxyl groups excluding tert-OH is 1. The van der Waals surface area contributed by atoms with Crippen LogP contribution in [0.5, 0.6) is 0 Å². The van der Waals surface area contributed by atoms with Gasteiger partial charge in [-0.15, -0.1) is 0 Å². The molecule has 1 aromatic heterocycles. The molecule has 0 radical (unpaired) electrons. The number of fused-ring (bicyclic) bond motifs is 1. The van der Waals surface area contributed by atoms with Gasteiger partial charge in [0.05, 0.1) is 18.7 Å². The Morgan fingerprint density at radius 1 is 1.12 bits per heavy atom. The molecule has 1 heterocycles. The molecule has 0 bridgehead atoms. The second-order valence-corrected chi connectivity index (χ2v) is 5.90. The summed E-state index contributed by atoms with van der Waals surface area (Å²) >= 11 is 0. The van der Waals surface area contributed by atoms with E-state index in [4.69, 9.17) is 9.47 Å². The van der Waals surface area contributed by atoms with Crippen LogP contribution in [0.3, 0.4) is 0 Å². The van der Waals surface area contributed by atoms with E-state index in [9.17, 15) is 9.90 Å². The van der Waals surface area contributed by atoms with Gasteiger partial charge in [-0.25, -0.2) is 4.79 Å². The molecule has 0 saturated carbocycles. The van der Waals surface area contributed by atoms with Crippen molar-refractivity contribution in [2.24, 2.45) is 0 Å². The molecule has 0 aliphatic rings. The van der Waals surface area contributed by atoms with E-state index < -0.39 is 6.09 Å². The second kappa shape index (κ2) is 10.1. The Morgan fingerprint density at radius 2 is 1.88 bits per heavy atom. The van der Waals surface area contributed by atoms with Crippen LogP contribution in [0.2, 0.25) is 0 Å². The summed E-state index contributed by atoms with van der Waals surface area (Å²) in [5.41, 5.74) is 1.43. The minimum absolute atomic E-state index is 0.0469. The predicted octanol–water partition coefficient (Wildman–Crippen LogP) is 4.45. The molecule has 1 aromatic carbocycles. The molecule has 0 aliphatic carbocycles. The van der Waals surface area contributed by atoms with E-state index in [1.165, 1.54) is 30.3 Å². The van der Waals surface area contributed by atoms with Crippen molar-refractivity contribution in [1.29, 1.82) is 0 Å². The Morgan fingerprint density at radius 3 is 2.67 bits per heavy atom. The van der Waals surface area contributed by atoms with Crippen molar-refractivity contribution >= 4 is 17.0 Å². The summed E-state index contributed by atoms with van der Waals surface area (Å²) < 4.78 is 11.9. The summed E-state index contributed by atoms with van der Waals surface area (Å²) in [4.78, 5) is 12.2. The van der Waals surface area contributed by atoms with Crippen LogP contribution in [0.4, 0.5) is 4.79 Å². The molecule has 132 valence electrons. The molecule has 0 spiro atoms. The maximum absolute atomic E-state index is 12.2. The second-order valence-electron chi connectivity index (χ2n) is 5.90. The summed E-state index contributed by atoms with van der Waals surface area (Å²) in [6, 6.07) is 7.43. The summed E-state index contributed by atoms with van der Waals surface area (Å²) in [5.74, 6) is 0. The first kappa shape index (κ1) is 18.5. The van der Waals surface area contributed by atoms with Gasteiger partial charge in [0.1, 0.15) is 0 Å². The largest absolute Gasteiger partial charge is 0.422 e.